The number of thioether (sulfide) groups is 2. The molecule has 3 atom stereocenters. The lowest BCUT2D eigenvalue weighted by Gasteiger charge is -2.23. The van der Waals surface area contributed by atoms with Gasteiger partial charge in [-0.05, 0) is 26.9 Å². The fraction of sp³-hybridized carbons (Fsp3) is 0.929. The number of carbonyl (C=O) groups excluding carboxylic acids is 1. The van der Waals surface area contributed by atoms with E-state index in [2.05, 4.69) is 30.8 Å². The fourth-order valence-electron chi connectivity index (χ4n) is 2.84. The standard InChI is InChI=1S/C14H25NOS2/c1-15(2)9-11-10-17-14(18-11)12-7-5-3-4-6-8-13(12)16/h11-12,14H,3-10H2,1-2H3. The zero-order valence-electron chi connectivity index (χ0n) is 11.6. The minimum Gasteiger partial charge on any atom is -0.308 e. The van der Waals surface area contributed by atoms with Crippen LogP contribution >= 0.6 is 23.5 Å². The zero-order chi connectivity index (χ0) is 13.0. The second kappa shape index (κ2) is 7.20. The number of ketones is 1. The van der Waals surface area contributed by atoms with Crippen LogP contribution in [0.1, 0.15) is 38.5 Å². The summed E-state index contributed by atoms with van der Waals surface area (Å²) in [6.45, 7) is 1.15. The first-order valence-electron chi connectivity index (χ1n) is 7.11. The average Bonchev–Trinajstić information content (AvgIpc) is 2.71. The van der Waals surface area contributed by atoms with Crippen LogP contribution in [0.25, 0.3) is 0 Å². The molecule has 1 aliphatic carbocycles. The Balaban J connectivity index is 1.87. The van der Waals surface area contributed by atoms with Crippen molar-refractivity contribution in [2.45, 2.75) is 48.4 Å². The minimum absolute atomic E-state index is 0.340. The van der Waals surface area contributed by atoms with Crippen molar-refractivity contribution in [2.75, 3.05) is 26.4 Å². The van der Waals surface area contributed by atoms with Gasteiger partial charge in [-0.1, -0.05) is 19.3 Å². The van der Waals surface area contributed by atoms with Crippen LogP contribution in [0.5, 0.6) is 0 Å². The molecule has 104 valence electrons. The molecule has 0 spiro atoms. The summed E-state index contributed by atoms with van der Waals surface area (Å²) in [6, 6.07) is 0. The maximum absolute atomic E-state index is 12.2. The number of nitrogens with zero attached hydrogens (tertiary/aromatic N) is 1. The van der Waals surface area contributed by atoms with Gasteiger partial charge in [-0.25, -0.2) is 0 Å². The summed E-state index contributed by atoms with van der Waals surface area (Å²) >= 11 is 4.10. The molecule has 0 aromatic heterocycles. The quantitative estimate of drug-likeness (QED) is 0.793. The Morgan fingerprint density at radius 1 is 1.22 bits per heavy atom. The molecule has 2 nitrogen and oxygen atoms in total. The van der Waals surface area contributed by atoms with Gasteiger partial charge in [0.05, 0.1) is 4.58 Å². The molecule has 1 aliphatic heterocycles. The van der Waals surface area contributed by atoms with Crippen molar-refractivity contribution in [2.24, 2.45) is 5.92 Å². The van der Waals surface area contributed by atoms with Crippen molar-refractivity contribution in [3.05, 3.63) is 0 Å². The van der Waals surface area contributed by atoms with Crippen LogP contribution in [-0.2, 0) is 4.79 Å². The third-order valence-corrected chi connectivity index (χ3v) is 7.27. The van der Waals surface area contributed by atoms with Gasteiger partial charge in [-0.2, -0.15) is 0 Å². The summed E-state index contributed by atoms with van der Waals surface area (Å²) < 4.78 is 0.542. The van der Waals surface area contributed by atoms with Gasteiger partial charge in [-0.3, -0.25) is 4.79 Å². The maximum atomic E-state index is 12.2. The van der Waals surface area contributed by atoms with Gasteiger partial charge in [-0.15, -0.1) is 23.5 Å². The third-order valence-electron chi connectivity index (χ3n) is 3.77. The van der Waals surface area contributed by atoms with E-state index in [1.165, 1.54) is 25.0 Å². The molecule has 3 unspecified atom stereocenters. The largest absolute Gasteiger partial charge is 0.308 e. The molecule has 2 fully saturated rings. The fourth-order valence-corrected chi connectivity index (χ4v) is 6.68. The van der Waals surface area contributed by atoms with Gasteiger partial charge in [0.25, 0.3) is 0 Å². The van der Waals surface area contributed by atoms with E-state index >= 15 is 0 Å². The predicted molar refractivity (Wildman–Crippen MR) is 82.4 cm³/mol. The molecule has 0 bridgehead atoms. The van der Waals surface area contributed by atoms with Gasteiger partial charge in [0, 0.05) is 29.9 Å². The molecule has 0 radical (unpaired) electrons. The van der Waals surface area contributed by atoms with Crippen molar-refractivity contribution >= 4 is 29.3 Å². The van der Waals surface area contributed by atoms with Crippen LogP contribution in [-0.4, -0.2) is 46.9 Å². The summed E-state index contributed by atoms with van der Waals surface area (Å²) in [5.41, 5.74) is 0. The van der Waals surface area contributed by atoms with Crippen LogP contribution in [0.4, 0.5) is 0 Å². The van der Waals surface area contributed by atoms with Gasteiger partial charge in [0.15, 0.2) is 0 Å². The second-order valence-corrected chi connectivity index (χ2v) is 8.67. The van der Waals surface area contributed by atoms with E-state index in [1.54, 1.807) is 0 Å². The molecule has 1 saturated heterocycles. The summed E-state index contributed by atoms with van der Waals surface area (Å²) in [4.78, 5) is 14.5. The van der Waals surface area contributed by atoms with Gasteiger partial charge >= 0.3 is 0 Å². The molecule has 2 rings (SSSR count). The lowest BCUT2D eigenvalue weighted by atomic mass is 9.91. The van der Waals surface area contributed by atoms with Crippen LogP contribution in [0.15, 0.2) is 0 Å². The molecule has 0 aromatic carbocycles. The smallest absolute Gasteiger partial charge is 0.137 e. The number of rotatable bonds is 3. The van der Waals surface area contributed by atoms with Crippen LogP contribution < -0.4 is 0 Å². The van der Waals surface area contributed by atoms with Crippen molar-refractivity contribution in [1.29, 1.82) is 0 Å². The Bertz CT molecular complexity index is 283. The topological polar surface area (TPSA) is 20.3 Å². The highest BCUT2D eigenvalue weighted by Crippen LogP contribution is 2.44. The van der Waals surface area contributed by atoms with Gasteiger partial charge < -0.3 is 4.90 Å². The lowest BCUT2D eigenvalue weighted by molar-refractivity contribution is -0.123. The Morgan fingerprint density at radius 2 is 2.00 bits per heavy atom. The van der Waals surface area contributed by atoms with Crippen molar-refractivity contribution in [3.63, 3.8) is 0 Å². The number of hydrogen-bond acceptors (Lipinski definition) is 4. The number of Topliss-reactive ketones (excluding diaryl/α,β-unsaturated/α-hetero) is 1. The average molecular weight is 287 g/mol. The lowest BCUT2D eigenvalue weighted by Crippen LogP contribution is -2.26. The Hall–Kier alpha value is 0.330. The Morgan fingerprint density at radius 3 is 2.78 bits per heavy atom. The molecule has 18 heavy (non-hydrogen) atoms. The SMILES string of the molecule is CN(C)CC1CSC(C2CCCCCCC2=O)S1. The van der Waals surface area contributed by atoms with Crippen LogP contribution in [0.3, 0.4) is 0 Å². The van der Waals surface area contributed by atoms with Crippen molar-refractivity contribution in [1.82, 2.24) is 4.90 Å². The zero-order valence-corrected chi connectivity index (χ0v) is 13.2. The van der Waals surface area contributed by atoms with E-state index in [-0.39, 0.29) is 0 Å². The normalized spacial score (nSPS) is 34.6. The monoisotopic (exact) mass is 287 g/mol. The highest BCUT2D eigenvalue weighted by atomic mass is 32.2. The number of hydrogen-bond donors (Lipinski definition) is 0. The van der Waals surface area contributed by atoms with E-state index in [0.717, 1.165) is 25.8 Å². The molecular weight excluding hydrogens is 262 g/mol. The van der Waals surface area contributed by atoms with E-state index < -0.39 is 0 Å². The summed E-state index contributed by atoms with van der Waals surface area (Å²) in [6.07, 6.45) is 6.93. The molecule has 1 saturated carbocycles. The third kappa shape index (κ3) is 4.17. The molecule has 0 N–H and O–H groups in total. The molecule has 0 aromatic rings. The van der Waals surface area contributed by atoms with Gasteiger partial charge in [0.1, 0.15) is 5.78 Å². The summed E-state index contributed by atoms with van der Waals surface area (Å²) in [5, 5.41) is 0.716. The molecule has 1 heterocycles. The maximum Gasteiger partial charge on any atom is 0.137 e. The Kier molecular flexibility index (Phi) is 5.90. The minimum atomic E-state index is 0.340. The van der Waals surface area contributed by atoms with Crippen LogP contribution in [0.2, 0.25) is 0 Å². The van der Waals surface area contributed by atoms with Crippen molar-refractivity contribution < 1.29 is 4.79 Å². The second-order valence-electron chi connectivity index (χ2n) is 5.75. The van der Waals surface area contributed by atoms with Crippen LogP contribution in [0, 0.1) is 5.92 Å². The van der Waals surface area contributed by atoms with E-state index in [4.69, 9.17) is 0 Å². The first-order chi connectivity index (χ1) is 8.66. The highest BCUT2D eigenvalue weighted by molar-refractivity contribution is 8.20. The Labute approximate surface area is 120 Å². The molecule has 0 amide bonds. The molecule has 4 heteroatoms. The molecular formula is C14H25NOS2. The van der Waals surface area contributed by atoms with E-state index in [9.17, 15) is 4.79 Å². The summed E-state index contributed by atoms with van der Waals surface area (Å²) in [7, 11) is 4.28. The first-order valence-corrected chi connectivity index (χ1v) is 9.10. The highest BCUT2D eigenvalue weighted by Gasteiger charge is 2.35. The summed E-state index contributed by atoms with van der Waals surface area (Å²) in [5.74, 6) is 2.11. The van der Waals surface area contributed by atoms with Crippen molar-refractivity contribution in [3.8, 4) is 0 Å². The number of carbonyl (C=O) groups is 1. The van der Waals surface area contributed by atoms with E-state index in [1.807, 2.05) is 11.8 Å². The van der Waals surface area contributed by atoms with Gasteiger partial charge in [0.2, 0.25) is 0 Å². The van der Waals surface area contributed by atoms with E-state index in [0.29, 0.717) is 21.5 Å². The molecule has 2 aliphatic rings. The first kappa shape index (κ1) is 14.7. The predicted octanol–water partition coefficient (Wildman–Crippen LogP) is 3.26.